The zero-order valence-corrected chi connectivity index (χ0v) is 14.0. The van der Waals surface area contributed by atoms with Crippen LogP contribution in [0.3, 0.4) is 0 Å². The van der Waals surface area contributed by atoms with Crippen molar-refractivity contribution >= 4 is 5.91 Å². The summed E-state index contributed by atoms with van der Waals surface area (Å²) in [5.41, 5.74) is 7.07. The Morgan fingerprint density at radius 2 is 2.09 bits per heavy atom. The van der Waals surface area contributed by atoms with Gasteiger partial charge in [0.2, 0.25) is 5.91 Å². The molecule has 1 aliphatic heterocycles. The summed E-state index contributed by atoms with van der Waals surface area (Å²) in [7, 11) is 1.71. The van der Waals surface area contributed by atoms with Gasteiger partial charge in [0.15, 0.2) is 0 Å². The number of carbonyl (C=O) groups excluding carboxylic acids is 1. The van der Waals surface area contributed by atoms with E-state index in [9.17, 15) is 4.79 Å². The van der Waals surface area contributed by atoms with Crippen molar-refractivity contribution in [1.29, 1.82) is 0 Å². The quantitative estimate of drug-likeness (QED) is 0.908. The third-order valence-electron chi connectivity index (χ3n) is 5.59. The molecule has 1 amide bonds. The predicted molar refractivity (Wildman–Crippen MR) is 91.3 cm³/mol. The van der Waals surface area contributed by atoms with Crippen LogP contribution < -0.4 is 10.5 Å². The second-order valence-electron chi connectivity index (χ2n) is 6.88. The van der Waals surface area contributed by atoms with Gasteiger partial charge in [0.1, 0.15) is 5.75 Å². The number of amides is 1. The molecule has 3 rings (SSSR count). The number of hydrogen-bond donors (Lipinski definition) is 1. The number of ether oxygens (including phenoxy) is 1. The van der Waals surface area contributed by atoms with Crippen LogP contribution in [0.4, 0.5) is 0 Å². The fourth-order valence-corrected chi connectivity index (χ4v) is 4.32. The highest BCUT2D eigenvalue weighted by molar-refractivity contribution is 5.80. The molecule has 1 aromatic carbocycles. The molecule has 4 nitrogen and oxygen atoms in total. The van der Waals surface area contributed by atoms with Crippen LogP contribution in [0.2, 0.25) is 0 Å². The summed E-state index contributed by atoms with van der Waals surface area (Å²) in [6, 6.07) is 8.44. The Balaban J connectivity index is 1.71. The van der Waals surface area contributed by atoms with E-state index in [1.54, 1.807) is 7.11 Å². The van der Waals surface area contributed by atoms with Gasteiger partial charge < -0.3 is 15.4 Å². The van der Waals surface area contributed by atoms with E-state index < -0.39 is 0 Å². The van der Waals surface area contributed by atoms with Gasteiger partial charge in [-0.25, -0.2) is 0 Å². The van der Waals surface area contributed by atoms with E-state index in [1.807, 2.05) is 18.2 Å². The molecule has 2 N–H and O–H groups in total. The molecule has 0 aromatic heterocycles. The van der Waals surface area contributed by atoms with Crippen molar-refractivity contribution in [1.82, 2.24) is 4.90 Å². The average Bonchev–Trinajstić information content (AvgIpc) is 3.23. The first-order valence-corrected chi connectivity index (χ1v) is 8.87. The van der Waals surface area contributed by atoms with Gasteiger partial charge in [0.05, 0.1) is 7.11 Å². The molecule has 0 spiro atoms. The Kier molecular flexibility index (Phi) is 5.21. The lowest BCUT2D eigenvalue weighted by Crippen LogP contribution is -2.42. The number of benzene rings is 1. The molecule has 0 radical (unpaired) electrons. The van der Waals surface area contributed by atoms with Crippen LogP contribution in [0.5, 0.6) is 5.75 Å². The SMILES string of the molecule is COc1ccccc1CC1CCCN1C(=O)[C@@H]1CCC[C@@H]1CN. The minimum absolute atomic E-state index is 0.151. The first-order valence-electron chi connectivity index (χ1n) is 8.87. The highest BCUT2D eigenvalue weighted by atomic mass is 16.5. The molecule has 3 atom stereocenters. The molecule has 2 fully saturated rings. The Morgan fingerprint density at radius 3 is 2.87 bits per heavy atom. The van der Waals surface area contributed by atoms with Crippen molar-refractivity contribution in [2.75, 3.05) is 20.2 Å². The third-order valence-corrected chi connectivity index (χ3v) is 5.59. The zero-order chi connectivity index (χ0) is 16.2. The highest BCUT2D eigenvalue weighted by Crippen LogP contribution is 2.35. The van der Waals surface area contributed by atoms with Crippen LogP contribution in [0.1, 0.15) is 37.7 Å². The average molecular weight is 316 g/mol. The number of rotatable bonds is 5. The zero-order valence-electron chi connectivity index (χ0n) is 14.0. The van der Waals surface area contributed by atoms with E-state index in [1.165, 1.54) is 5.56 Å². The summed E-state index contributed by atoms with van der Waals surface area (Å²) in [5.74, 6) is 1.80. The number of hydrogen-bond acceptors (Lipinski definition) is 3. The van der Waals surface area contributed by atoms with Crippen molar-refractivity contribution in [2.24, 2.45) is 17.6 Å². The van der Waals surface area contributed by atoms with E-state index >= 15 is 0 Å². The number of methoxy groups -OCH3 is 1. The first kappa shape index (κ1) is 16.3. The fraction of sp³-hybridized carbons (Fsp3) is 0.632. The molecular formula is C19H28N2O2. The summed E-state index contributed by atoms with van der Waals surface area (Å²) in [6.07, 6.45) is 6.34. The van der Waals surface area contributed by atoms with Crippen LogP contribution in [0, 0.1) is 11.8 Å². The Morgan fingerprint density at radius 1 is 1.26 bits per heavy atom. The van der Waals surface area contributed by atoms with Gasteiger partial charge in [-0.2, -0.15) is 0 Å². The number of carbonyl (C=O) groups is 1. The van der Waals surface area contributed by atoms with Crippen LogP contribution in [-0.2, 0) is 11.2 Å². The van der Waals surface area contributed by atoms with Gasteiger partial charge in [-0.15, -0.1) is 0 Å². The van der Waals surface area contributed by atoms with E-state index in [4.69, 9.17) is 10.5 Å². The molecule has 2 aliphatic rings. The maximum absolute atomic E-state index is 13.0. The lowest BCUT2D eigenvalue weighted by atomic mass is 9.94. The van der Waals surface area contributed by atoms with Gasteiger partial charge in [0.25, 0.3) is 0 Å². The largest absolute Gasteiger partial charge is 0.496 e. The number of para-hydroxylation sites is 1. The summed E-state index contributed by atoms with van der Waals surface area (Å²) >= 11 is 0. The second kappa shape index (κ2) is 7.35. The second-order valence-corrected chi connectivity index (χ2v) is 6.88. The van der Waals surface area contributed by atoms with Crippen LogP contribution in [0.15, 0.2) is 24.3 Å². The standard InChI is InChI=1S/C19H28N2O2/c1-23-18-10-3-2-6-14(18)12-16-8-5-11-21(16)19(22)17-9-4-7-15(17)13-20/h2-3,6,10,15-17H,4-5,7-9,11-13,20H2,1H3/t15-,16?,17-/m1/s1. The van der Waals surface area contributed by atoms with Crippen molar-refractivity contribution in [3.8, 4) is 5.75 Å². The van der Waals surface area contributed by atoms with Gasteiger partial charge >= 0.3 is 0 Å². The van der Waals surface area contributed by atoms with Gasteiger partial charge in [-0.1, -0.05) is 24.6 Å². The van der Waals surface area contributed by atoms with Crippen LogP contribution >= 0.6 is 0 Å². The Hall–Kier alpha value is -1.55. The Bertz CT molecular complexity index is 546. The maximum Gasteiger partial charge on any atom is 0.226 e. The molecule has 0 bridgehead atoms. The van der Waals surface area contributed by atoms with Crippen molar-refractivity contribution in [3.05, 3.63) is 29.8 Å². The minimum Gasteiger partial charge on any atom is -0.496 e. The Labute approximate surface area is 139 Å². The molecular weight excluding hydrogens is 288 g/mol. The smallest absolute Gasteiger partial charge is 0.226 e. The first-order chi connectivity index (χ1) is 11.2. The van der Waals surface area contributed by atoms with Crippen molar-refractivity contribution < 1.29 is 9.53 Å². The van der Waals surface area contributed by atoms with E-state index in [2.05, 4.69) is 11.0 Å². The number of nitrogens with two attached hydrogens (primary N) is 1. The molecule has 1 aliphatic carbocycles. The van der Waals surface area contributed by atoms with Crippen molar-refractivity contribution in [3.63, 3.8) is 0 Å². The molecule has 1 unspecified atom stereocenters. The summed E-state index contributed by atoms with van der Waals surface area (Å²) in [5, 5.41) is 0. The highest BCUT2D eigenvalue weighted by Gasteiger charge is 2.38. The fourth-order valence-electron chi connectivity index (χ4n) is 4.32. The monoisotopic (exact) mass is 316 g/mol. The van der Waals surface area contributed by atoms with Crippen LogP contribution in [-0.4, -0.2) is 37.0 Å². The van der Waals surface area contributed by atoms with Gasteiger partial charge in [-0.3, -0.25) is 4.79 Å². The minimum atomic E-state index is 0.151. The van der Waals surface area contributed by atoms with E-state index in [0.717, 1.165) is 50.8 Å². The van der Waals surface area contributed by atoms with Gasteiger partial charge in [-0.05, 0) is 56.2 Å². The number of likely N-dealkylation sites (tertiary alicyclic amines) is 1. The third kappa shape index (κ3) is 3.37. The predicted octanol–water partition coefficient (Wildman–Crippen LogP) is 2.60. The lowest BCUT2D eigenvalue weighted by Gasteiger charge is -2.30. The normalized spacial score (nSPS) is 27.4. The molecule has 1 saturated carbocycles. The van der Waals surface area contributed by atoms with Gasteiger partial charge in [0, 0.05) is 18.5 Å². The van der Waals surface area contributed by atoms with E-state index in [0.29, 0.717) is 24.4 Å². The summed E-state index contributed by atoms with van der Waals surface area (Å²) in [6.45, 7) is 1.54. The van der Waals surface area contributed by atoms with E-state index in [-0.39, 0.29) is 5.92 Å². The summed E-state index contributed by atoms with van der Waals surface area (Å²) < 4.78 is 5.47. The van der Waals surface area contributed by atoms with Crippen molar-refractivity contribution in [2.45, 2.75) is 44.6 Å². The molecule has 1 heterocycles. The molecule has 4 heteroatoms. The molecule has 1 saturated heterocycles. The number of nitrogens with zero attached hydrogens (tertiary/aromatic N) is 1. The lowest BCUT2D eigenvalue weighted by molar-refractivity contribution is -0.137. The maximum atomic E-state index is 13.0. The van der Waals surface area contributed by atoms with Crippen LogP contribution in [0.25, 0.3) is 0 Å². The summed E-state index contributed by atoms with van der Waals surface area (Å²) in [4.78, 5) is 15.1. The molecule has 126 valence electrons. The molecule has 1 aromatic rings. The topological polar surface area (TPSA) is 55.6 Å². The molecule has 23 heavy (non-hydrogen) atoms.